The molecule has 0 radical (unpaired) electrons. The van der Waals surface area contributed by atoms with Gasteiger partial charge in [0.25, 0.3) is 0 Å². The molecule has 1 rings (SSSR count). The fourth-order valence-corrected chi connectivity index (χ4v) is 1.33. The van der Waals surface area contributed by atoms with Crippen molar-refractivity contribution in [3.63, 3.8) is 0 Å². The maximum Gasteiger partial charge on any atom is 0.429 e. The molecule has 10 heteroatoms. The van der Waals surface area contributed by atoms with E-state index in [4.69, 9.17) is 0 Å². The molecule has 1 heterocycles. The number of nitro groups is 1. The number of hydrogen-bond donors (Lipinski definition) is 2. The number of nitrogens with zero attached hydrogens (tertiary/aromatic N) is 3. The van der Waals surface area contributed by atoms with Gasteiger partial charge in [0.15, 0.2) is 5.82 Å². The van der Waals surface area contributed by atoms with Gasteiger partial charge in [0.1, 0.15) is 11.4 Å². The summed E-state index contributed by atoms with van der Waals surface area (Å²) in [6.45, 7) is 0.775. The minimum Gasteiger partial charge on any atom is -0.371 e. The zero-order chi connectivity index (χ0) is 15.5. The molecule has 0 aliphatic carbocycles. The number of aliphatic imine (C=N–C) groups is 1. The van der Waals surface area contributed by atoms with Crippen LogP contribution >= 0.6 is 0 Å². The van der Waals surface area contributed by atoms with Gasteiger partial charge in [-0.1, -0.05) is 0 Å². The Labute approximate surface area is 112 Å². The summed E-state index contributed by atoms with van der Waals surface area (Å²) in [4.78, 5) is 17.3. The van der Waals surface area contributed by atoms with Gasteiger partial charge in [0, 0.05) is 20.2 Å². The highest BCUT2D eigenvalue weighted by molar-refractivity contribution is 5.91. The SMILES string of the molecule is CNc1nc(NC)c([N+](=O)[O-])cc1N=C(C)C(F)(F)F. The van der Waals surface area contributed by atoms with Gasteiger partial charge >= 0.3 is 11.9 Å². The molecule has 110 valence electrons. The Kier molecular flexibility index (Phi) is 4.48. The summed E-state index contributed by atoms with van der Waals surface area (Å²) in [5.41, 5.74) is -1.84. The molecule has 1 aromatic heterocycles. The van der Waals surface area contributed by atoms with Crippen molar-refractivity contribution < 1.29 is 18.1 Å². The molecule has 0 spiro atoms. The quantitative estimate of drug-likeness (QED) is 0.505. The van der Waals surface area contributed by atoms with Crippen LogP contribution < -0.4 is 10.6 Å². The highest BCUT2D eigenvalue weighted by Gasteiger charge is 2.32. The zero-order valence-electron chi connectivity index (χ0n) is 10.9. The number of rotatable bonds is 4. The molecule has 2 N–H and O–H groups in total. The lowest BCUT2D eigenvalue weighted by Gasteiger charge is -2.10. The fraction of sp³-hybridized carbons (Fsp3) is 0.400. The summed E-state index contributed by atoms with van der Waals surface area (Å²) >= 11 is 0. The summed E-state index contributed by atoms with van der Waals surface area (Å²) in [5, 5.41) is 15.9. The molecule has 1 aromatic rings. The van der Waals surface area contributed by atoms with E-state index in [1.165, 1.54) is 14.1 Å². The monoisotopic (exact) mass is 291 g/mol. The van der Waals surface area contributed by atoms with Crippen molar-refractivity contribution >= 4 is 28.7 Å². The first-order valence-corrected chi connectivity index (χ1v) is 5.38. The molecular formula is C10H12F3N5O2. The van der Waals surface area contributed by atoms with Crippen molar-refractivity contribution in [2.24, 2.45) is 4.99 Å². The van der Waals surface area contributed by atoms with Gasteiger partial charge in [-0.15, -0.1) is 0 Å². The lowest BCUT2D eigenvalue weighted by Crippen LogP contribution is -2.19. The Morgan fingerprint density at radius 2 is 1.90 bits per heavy atom. The Morgan fingerprint density at radius 1 is 1.35 bits per heavy atom. The van der Waals surface area contributed by atoms with E-state index >= 15 is 0 Å². The minimum absolute atomic E-state index is 0.00329. The van der Waals surface area contributed by atoms with Crippen molar-refractivity contribution in [1.82, 2.24) is 4.98 Å². The van der Waals surface area contributed by atoms with Gasteiger partial charge in [-0.05, 0) is 6.92 Å². The lowest BCUT2D eigenvalue weighted by molar-refractivity contribution is -0.384. The summed E-state index contributed by atoms with van der Waals surface area (Å²) in [7, 11) is 2.84. The van der Waals surface area contributed by atoms with Gasteiger partial charge in [0.2, 0.25) is 5.82 Å². The maximum atomic E-state index is 12.5. The predicted molar refractivity (Wildman–Crippen MR) is 68.8 cm³/mol. The van der Waals surface area contributed by atoms with Gasteiger partial charge in [-0.2, -0.15) is 13.2 Å². The fourth-order valence-electron chi connectivity index (χ4n) is 1.33. The summed E-state index contributed by atoms with van der Waals surface area (Å²) in [6.07, 6.45) is -4.61. The molecule has 7 nitrogen and oxygen atoms in total. The Hall–Kier alpha value is -2.39. The van der Waals surface area contributed by atoms with Gasteiger partial charge in [-0.25, -0.2) is 9.98 Å². The van der Waals surface area contributed by atoms with Gasteiger partial charge in [0.05, 0.1) is 4.92 Å². The molecular weight excluding hydrogens is 279 g/mol. The molecule has 0 saturated heterocycles. The molecule has 0 aliphatic rings. The average Bonchev–Trinajstić information content (AvgIpc) is 2.36. The van der Waals surface area contributed by atoms with E-state index in [2.05, 4.69) is 20.6 Å². The van der Waals surface area contributed by atoms with E-state index in [0.29, 0.717) is 0 Å². The first-order chi connectivity index (χ1) is 9.20. The van der Waals surface area contributed by atoms with Crippen LogP contribution in [0.1, 0.15) is 6.92 Å². The van der Waals surface area contributed by atoms with E-state index in [1.807, 2.05) is 0 Å². The average molecular weight is 291 g/mol. The first-order valence-electron chi connectivity index (χ1n) is 5.38. The third-order valence-electron chi connectivity index (χ3n) is 2.35. The normalized spacial score (nSPS) is 12.2. The van der Waals surface area contributed by atoms with Crippen LogP contribution in [0.5, 0.6) is 0 Å². The van der Waals surface area contributed by atoms with E-state index in [0.717, 1.165) is 13.0 Å². The standard InChI is InChI=1S/C10H12F3N5O2/c1-5(10(11,12)13)16-6-4-7(18(19)20)9(15-3)17-8(6)14-2/h4H,1-3H3,(H2,14,15,17). The van der Waals surface area contributed by atoms with Crippen molar-refractivity contribution in [1.29, 1.82) is 0 Å². The van der Waals surface area contributed by atoms with Crippen LogP contribution in [-0.4, -0.2) is 35.9 Å². The largest absolute Gasteiger partial charge is 0.429 e. The molecule has 0 unspecified atom stereocenters. The second kappa shape index (κ2) is 5.72. The number of aromatic nitrogens is 1. The van der Waals surface area contributed by atoms with E-state index in [-0.39, 0.29) is 17.3 Å². The predicted octanol–water partition coefficient (Wildman–Crippen LogP) is 2.73. The lowest BCUT2D eigenvalue weighted by atomic mass is 10.3. The molecule has 0 bridgehead atoms. The second-order valence-electron chi connectivity index (χ2n) is 3.68. The first kappa shape index (κ1) is 15.7. The molecule has 0 fully saturated rings. The van der Waals surface area contributed by atoms with Crippen LogP contribution in [0.2, 0.25) is 0 Å². The van der Waals surface area contributed by atoms with Crippen molar-refractivity contribution in [3.05, 3.63) is 16.2 Å². The number of anilines is 2. The van der Waals surface area contributed by atoms with Crippen LogP contribution in [0, 0.1) is 10.1 Å². The highest BCUT2D eigenvalue weighted by atomic mass is 19.4. The Morgan fingerprint density at radius 3 is 2.30 bits per heavy atom. The topological polar surface area (TPSA) is 92.5 Å². The van der Waals surface area contributed by atoms with Crippen LogP contribution in [-0.2, 0) is 0 Å². The number of alkyl halides is 3. The third-order valence-corrected chi connectivity index (χ3v) is 2.35. The van der Waals surface area contributed by atoms with Crippen molar-refractivity contribution in [2.45, 2.75) is 13.1 Å². The summed E-state index contributed by atoms with van der Waals surface area (Å²) in [6, 6.07) is 0.930. The summed E-state index contributed by atoms with van der Waals surface area (Å²) < 4.78 is 37.4. The molecule has 0 saturated carbocycles. The number of halogens is 3. The molecule has 0 amide bonds. The smallest absolute Gasteiger partial charge is 0.371 e. The van der Waals surface area contributed by atoms with Crippen LogP contribution in [0.15, 0.2) is 11.1 Å². The highest BCUT2D eigenvalue weighted by Crippen LogP contribution is 2.34. The van der Waals surface area contributed by atoms with Crippen molar-refractivity contribution in [3.8, 4) is 0 Å². The van der Waals surface area contributed by atoms with E-state index < -0.39 is 22.5 Å². The molecule has 0 aliphatic heterocycles. The number of nitrogens with one attached hydrogen (secondary N) is 2. The Bertz CT molecular complexity index is 557. The van der Waals surface area contributed by atoms with Crippen LogP contribution in [0.3, 0.4) is 0 Å². The molecule has 0 aromatic carbocycles. The van der Waals surface area contributed by atoms with Gasteiger partial charge < -0.3 is 10.6 Å². The zero-order valence-corrected chi connectivity index (χ0v) is 10.9. The van der Waals surface area contributed by atoms with Crippen LogP contribution in [0.4, 0.5) is 36.2 Å². The Balaban J connectivity index is 3.46. The minimum atomic E-state index is -4.61. The molecule has 20 heavy (non-hydrogen) atoms. The second-order valence-corrected chi connectivity index (χ2v) is 3.68. The molecule has 0 atom stereocenters. The number of pyridine rings is 1. The van der Waals surface area contributed by atoms with Gasteiger partial charge in [-0.3, -0.25) is 10.1 Å². The third kappa shape index (κ3) is 3.33. The van der Waals surface area contributed by atoms with Crippen molar-refractivity contribution in [2.75, 3.05) is 24.7 Å². The number of hydrogen-bond acceptors (Lipinski definition) is 6. The summed E-state index contributed by atoms with van der Waals surface area (Å²) in [5.74, 6) is -0.0634. The van der Waals surface area contributed by atoms with E-state index in [1.54, 1.807) is 0 Å². The van der Waals surface area contributed by atoms with Crippen LogP contribution in [0.25, 0.3) is 0 Å². The maximum absolute atomic E-state index is 12.5. The van der Waals surface area contributed by atoms with E-state index in [9.17, 15) is 23.3 Å².